The van der Waals surface area contributed by atoms with E-state index in [0.717, 1.165) is 6.07 Å². The highest BCUT2D eigenvalue weighted by atomic mass is 35.5. The van der Waals surface area contributed by atoms with Gasteiger partial charge < -0.3 is 5.32 Å². The molecule has 0 atom stereocenters. The standard InChI is InChI=1S/C9H7ClF3N5/c1-18-3-2-6(17-18)15-7-4-5(9(11,12)13)14-8(10)16-7/h2-4H,1H3,(H,14,15,16,17). The van der Waals surface area contributed by atoms with E-state index in [-0.39, 0.29) is 5.82 Å². The molecule has 0 aliphatic heterocycles. The minimum Gasteiger partial charge on any atom is -0.323 e. The van der Waals surface area contributed by atoms with Gasteiger partial charge in [-0.2, -0.15) is 18.3 Å². The van der Waals surface area contributed by atoms with E-state index in [9.17, 15) is 13.2 Å². The Morgan fingerprint density at radius 1 is 1.28 bits per heavy atom. The molecule has 0 amide bonds. The van der Waals surface area contributed by atoms with Crippen molar-refractivity contribution in [1.82, 2.24) is 19.7 Å². The van der Waals surface area contributed by atoms with Crippen LogP contribution in [0.5, 0.6) is 0 Å². The zero-order valence-corrected chi connectivity index (χ0v) is 9.79. The maximum Gasteiger partial charge on any atom is 0.433 e. The van der Waals surface area contributed by atoms with E-state index < -0.39 is 17.2 Å². The van der Waals surface area contributed by atoms with Crippen LogP contribution in [-0.2, 0) is 13.2 Å². The van der Waals surface area contributed by atoms with Gasteiger partial charge in [-0.3, -0.25) is 4.68 Å². The molecule has 1 N–H and O–H groups in total. The molecule has 9 heteroatoms. The molecule has 96 valence electrons. The predicted octanol–water partition coefficient (Wildman–Crippen LogP) is 2.63. The molecule has 2 aromatic rings. The van der Waals surface area contributed by atoms with Crippen LogP contribution >= 0.6 is 11.6 Å². The normalized spacial score (nSPS) is 11.6. The molecule has 0 aliphatic rings. The molecule has 0 saturated heterocycles. The molecular weight excluding hydrogens is 271 g/mol. The number of anilines is 2. The molecule has 18 heavy (non-hydrogen) atoms. The van der Waals surface area contributed by atoms with Gasteiger partial charge in [-0.1, -0.05) is 0 Å². The van der Waals surface area contributed by atoms with Gasteiger partial charge >= 0.3 is 6.18 Å². The third kappa shape index (κ3) is 2.89. The van der Waals surface area contributed by atoms with E-state index in [1.807, 2.05) is 0 Å². The second-order valence-electron chi connectivity index (χ2n) is 3.40. The average Bonchev–Trinajstić information content (AvgIpc) is 2.61. The smallest absolute Gasteiger partial charge is 0.323 e. The van der Waals surface area contributed by atoms with Crippen molar-refractivity contribution in [2.75, 3.05) is 5.32 Å². The number of hydrogen-bond donors (Lipinski definition) is 1. The van der Waals surface area contributed by atoms with Crippen LogP contribution in [0.3, 0.4) is 0 Å². The van der Waals surface area contributed by atoms with E-state index >= 15 is 0 Å². The number of aromatic nitrogens is 4. The van der Waals surface area contributed by atoms with Crippen LogP contribution < -0.4 is 5.32 Å². The fraction of sp³-hybridized carbons (Fsp3) is 0.222. The Morgan fingerprint density at radius 2 is 2.00 bits per heavy atom. The second kappa shape index (κ2) is 4.45. The van der Waals surface area contributed by atoms with E-state index in [1.54, 1.807) is 19.3 Å². The monoisotopic (exact) mass is 277 g/mol. The summed E-state index contributed by atoms with van der Waals surface area (Å²) in [6, 6.07) is 2.35. The third-order valence-electron chi connectivity index (χ3n) is 1.96. The van der Waals surface area contributed by atoms with Crippen molar-refractivity contribution >= 4 is 23.2 Å². The lowest BCUT2D eigenvalue weighted by molar-refractivity contribution is -0.141. The molecule has 2 rings (SSSR count). The fourth-order valence-corrected chi connectivity index (χ4v) is 1.42. The Hall–Kier alpha value is -1.83. The van der Waals surface area contributed by atoms with Crippen molar-refractivity contribution in [2.45, 2.75) is 6.18 Å². The van der Waals surface area contributed by atoms with Crippen LogP contribution in [0.25, 0.3) is 0 Å². The molecule has 0 aliphatic carbocycles. The molecule has 0 bridgehead atoms. The summed E-state index contributed by atoms with van der Waals surface area (Å²) in [5.41, 5.74) is -1.11. The Morgan fingerprint density at radius 3 is 2.56 bits per heavy atom. The molecule has 2 heterocycles. The largest absolute Gasteiger partial charge is 0.433 e. The summed E-state index contributed by atoms with van der Waals surface area (Å²) in [6.45, 7) is 0. The molecule has 0 unspecified atom stereocenters. The highest BCUT2D eigenvalue weighted by molar-refractivity contribution is 6.28. The first-order valence-corrected chi connectivity index (χ1v) is 5.11. The topological polar surface area (TPSA) is 55.6 Å². The van der Waals surface area contributed by atoms with E-state index in [4.69, 9.17) is 11.6 Å². The molecule has 0 fully saturated rings. The molecule has 0 spiro atoms. The number of halogens is 4. The molecule has 0 radical (unpaired) electrons. The molecular formula is C9H7ClF3N5. The number of alkyl halides is 3. The highest BCUT2D eigenvalue weighted by Gasteiger charge is 2.33. The quantitative estimate of drug-likeness (QED) is 0.858. The maximum absolute atomic E-state index is 12.5. The van der Waals surface area contributed by atoms with Crippen molar-refractivity contribution in [3.8, 4) is 0 Å². The summed E-state index contributed by atoms with van der Waals surface area (Å²) in [6.07, 6.45) is -2.94. The summed E-state index contributed by atoms with van der Waals surface area (Å²) >= 11 is 5.44. The number of nitrogens with zero attached hydrogens (tertiary/aromatic N) is 4. The van der Waals surface area contributed by atoms with Gasteiger partial charge in [0.15, 0.2) is 11.5 Å². The number of aryl methyl sites for hydroxylation is 1. The zero-order chi connectivity index (χ0) is 13.3. The number of nitrogens with one attached hydrogen (secondary N) is 1. The van der Waals surface area contributed by atoms with Crippen LogP contribution in [0.4, 0.5) is 24.8 Å². The van der Waals surface area contributed by atoms with Gasteiger partial charge in [-0.15, -0.1) is 0 Å². The minimum absolute atomic E-state index is 0.0685. The lowest BCUT2D eigenvalue weighted by Gasteiger charge is -2.08. The third-order valence-corrected chi connectivity index (χ3v) is 2.13. The zero-order valence-electron chi connectivity index (χ0n) is 9.03. The first kappa shape index (κ1) is 12.6. The predicted molar refractivity (Wildman–Crippen MR) is 58.5 cm³/mol. The summed E-state index contributed by atoms with van der Waals surface area (Å²) in [5, 5.41) is 6.08. The Kier molecular flexibility index (Phi) is 3.12. The van der Waals surface area contributed by atoms with E-state index in [0.29, 0.717) is 5.82 Å². The van der Waals surface area contributed by atoms with Crippen molar-refractivity contribution in [3.63, 3.8) is 0 Å². The maximum atomic E-state index is 12.5. The van der Waals surface area contributed by atoms with Crippen LogP contribution in [0, 0.1) is 0 Å². The Bertz CT molecular complexity index is 566. The van der Waals surface area contributed by atoms with E-state index in [1.165, 1.54) is 4.68 Å². The van der Waals surface area contributed by atoms with Gasteiger partial charge in [0.1, 0.15) is 5.82 Å². The average molecular weight is 278 g/mol. The summed E-state index contributed by atoms with van der Waals surface area (Å²) in [5.74, 6) is 0.293. The fourth-order valence-electron chi connectivity index (χ4n) is 1.24. The lowest BCUT2D eigenvalue weighted by atomic mass is 10.4. The minimum atomic E-state index is -4.58. The van der Waals surface area contributed by atoms with Gasteiger partial charge in [-0.05, 0) is 11.6 Å². The second-order valence-corrected chi connectivity index (χ2v) is 3.74. The van der Waals surface area contributed by atoms with E-state index in [2.05, 4.69) is 20.4 Å². The van der Waals surface area contributed by atoms with Gasteiger partial charge in [0.25, 0.3) is 0 Å². The highest BCUT2D eigenvalue weighted by Crippen LogP contribution is 2.30. The van der Waals surface area contributed by atoms with Crippen LogP contribution in [-0.4, -0.2) is 19.7 Å². The van der Waals surface area contributed by atoms with Gasteiger partial charge in [0, 0.05) is 25.4 Å². The molecule has 5 nitrogen and oxygen atoms in total. The first-order valence-electron chi connectivity index (χ1n) is 4.73. The number of rotatable bonds is 2. The SMILES string of the molecule is Cn1ccc(Nc2cc(C(F)(F)F)nc(Cl)n2)n1. The summed E-state index contributed by atoms with van der Waals surface area (Å²) in [7, 11) is 1.68. The summed E-state index contributed by atoms with van der Waals surface area (Å²) < 4.78 is 39.0. The van der Waals surface area contributed by atoms with Crippen LogP contribution in [0.15, 0.2) is 18.3 Å². The lowest BCUT2D eigenvalue weighted by Crippen LogP contribution is -2.10. The number of hydrogen-bond acceptors (Lipinski definition) is 4. The van der Waals surface area contributed by atoms with Crippen molar-refractivity contribution < 1.29 is 13.2 Å². The van der Waals surface area contributed by atoms with Gasteiger partial charge in [0.2, 0.25) is 5.28 Å². The molecule has 2 aromatic heterocycles. The van der Waals surface area contributed by atoms with Crippen molar-refractivity contribution in [1.29, 1.82) is 0 Å². The summed E-state index contributed by atoms with van der Waals surface area (Å²) in [4.78, 5) is 6.76. The molecule has 0 saturated carbocycles. The van der Waals surface area contributed by atoms with Gasteiger partial charge in [-0.25, -0.2) is 9.97 Å². The molecule has 0 aromatic carbocycles. The first-order chi connectivity index (χ1) is 8.34. The van der Waals surface area contributed by atoms with Gasteiger partial charge in [0.05, 0.1) is 0 Å². The van der Waals surface area contributed by atoms with Crippen LogP contribution in [0.1, 0.15) is 5.69 Å². The van der Waals surface area contributed by atoms with Crippen molar-refractivity contribution in [3.05, 3.63) is 29.3 Å². The Labute approximate surface area is 105 Å². The van der Waals surface area contributed by atoms with Crippen molar-refractivity contribution in [2.24, 2.45) is 7.05 Å². The Balaban J connectivity index is 2.31. The van der Waals surface area contributed by atoms with Crippen LogP contribution in [0.2, 0.25) is 5.28 Å².